The summed E-state index contributed by atoms with van der Waals surface area (Å²) in [5.74, 6) is -3.20. The molecule has 6 nitrogen and oxygen atoms in total. The third-order valence-corrected chi connectivity index (χ3v) is 5.21. The van der Waals surface area contributed by atoms with E-state index < -0.39 is 42.2 Å². The maximum atomic E-state index is 13.9. The molecule has 0 radical (unpaired) electrons. The van der Waals surface area contributed by atoms with E-state index in [0.717, 1.165) is 6.07 Å². The van der Waals surface area contributed by atoms with E-state index in [9.17, 15) is 31.9 Å². The van der Waals surface area contributed by atoms with E-state index in [2.05, 4.69) is 0 Å². The molecule has 0 N–H and O–H groups in total. The highest BCUT2D eigenvalue weighted by Gasteiger charge is 2.42. The molecule has 1 aromatic rings. The molecule has 2 heterocycles. The fourth-order valence-corrected chi connectivity index (χ4v) is 3.70. The van der Waals surface area contributed by atoms with Gasteiger partial charge in [0.05, 0.1) is 11.5 Å². The molecule has 0 saturated carbocycles. The van der Waals surface area contributed by atoms with Crippen LogP contribution in [-0.2, 0) is 9.59 Å². The minimum atomic E-state index is -4.52. The molecule has 0 spiro atoms. The molecule has 2 aliphatic rings. The number of alkyl halides is 3. The van der Waals surface area contributed by atoms with E-state index in [0.29, 0.717) is 4.90 Å². The Morgan fingerprint density at radius 2 is 1.72 bits per heavy atom. The minimum Gasteiger partial charge on any atom is -0.339 e. The Morgan fingerprint density at radius 3 is 2.34 bits per heavy atom. The monoisotopic (exact) mass is 435 g/mol. The van der Waals surface area contributed by atoms with Crippen molar-refractivity contribution >= 4 is 29.3 Å². The number of halogens is 5. The summed E-state index contributed by atoms with van der Waals surface area (Å²) in [6.07, 6.45) is -4.78. The van der Waals surface area contributed by atoms with Crippen molar-refractivity contribution in [3.05, 3.63) is 34.6 Å². The van der Waals surface area contributed by atoms with Gasteiger partial charge in [0, 0.05) is 44.2 Å². The molecule has 0 bridgehead atoms. The van der Waals surface area contributed by atoms with E-state index in [1.54, 1.807) is 0 Å². The third-order valence-electron chi connectivity index (χ3n) is 4.97. The molecule has 158 valence electrons. The zero-order valence-electron chi connectivity index (χ0n) is 15.2. The third kappa shape index (κ3) is 4.98. The molecular formula is C18H18ClF4N3O3. The molecule has 29 heavy (non-hydrogen) atoms. The first-order chi connectivity index (χ1) is 13.5. The predicted octanol–water partition coefficient (Wildman–Crippen LogP) is 2.17. The van der Waals surface area contributed by atoms with Crippen molar-refractivity contribution in [2.45, 2.75) is 12.6 Å². The molecule has 2 fully saturated rings. The van der Waals surface area contributed by atoms with Crippen LogP contribution >= 0.6 is 11.6 Å². The van der Waals surface area contributed by atoms with Gasteiger partial charge in [-0.1, -0.05) is 11.6 Å². The summed E-state index contributed by atoms with van der Waals surface area (Å²) in [5.41, 5.74) is -0.165. The summed E-state index contributed by atoms with van der Waals surface area (Å²) >= 11 is 5.81. The van der Waals surface area contributed by atoms with Crippen molar-refractivity contribution in [1.82, 2.24) is 14.7 Å². The highest BCUT2D eigenvalue weighted by atomic mass is 35.5. The smallest absolute Gasteiger partial charge is 0.339 e. The Kier molecular flexibility index (Phi) is 6.02. The standard InChI is InChI=1S/C18H18ClF4N3O3/c19-12-1-2-14(20)13(8-12)17(29)25-5-3-24(4-6-25)16(28)11-7-15(27)26(9-11)10-18(21,22)23/h1-2,8,11H,3-7,9-10H2. The van der Waals surface area contributed by atoms with Gasteiger partial charge < -0.3 is 14.7 Å². The Labute approximate surface area is 169 Å². The fourth-order valence-electron chi connectivity index (χ4n) is 3.53. The van der Waals surface area contributed by atoms with Crippen LogP contribution in [0.1, 0.15) is 16.8 Å². The van der Waals surface area contributed by atoms with Gasteiger partial charge in [0.1, 0.15) is 12.4 Å². The molecule has 0 aromatic heterocycles. The molecule has 11 heteroatoms. The van der Waals surface area contributed by atoms with Gasteiger partial charge in [-0.3, -0.25) is 14.4 Å². The summed E-state index contributed by atoms with van der Waals surface area (Å²) in [7, 11) is 0. The number of likely N-dealkylation sites (tertiary alicyclic amines) is 1. The Morgan fingerprint density at radius 1 is 1.10 bits per heavy atom. The summed E-state index contributed by atoms with van der Waals surface area (Å²) < 4.78 is 51.4. The Hall–Kier alpha value is -2.36. The number of carbonyl (C=O) groups is 3. The van der Waals surface area contributed by atoms with E-state index in [1.807, 2.05) is 0 Å². The number of carbonyl (C=O) groups excluding carboxylic acids is 3. The highest BCUT2D eigenvalue weighted by Crippen LogP contribution is 2.26. The number of hydrogen-bond donors (Lipinski definition) is 0. The highest BCUT2D eigenvalue weighted by molar-refractivity contribution is 6.31. The Balaban J connectivity index is 1.57. The van der Waals surface area contributed by atoms with Crippen molar-refractivity contribution in [2.24, 2.45) is 5.92 Å². The maximum Gasteiger partial charge on any atom is 0.406 e. The SMILES string of the molecule is O=C1CC(C(=O)N2CCN(C(=O)c3cc(Cl)ccc3F)CC2)CN1CC(F)(F)F. The van der Waals surface area contributed by atoms with Gasteiger partial charge in [0.25, 0.3) is 5.91 Å². The van der Waals surface area contributed by atoms with Crippen molar-refractivity contribution in [3.8, 4) is 0 Å². The van der Waals surface area contributed by atoms with Crippen LogP contribution in [0.25, 0.3) is 0 Å². The second-order valence-corrected chi connectivity index (χ2v) is 7.47. The average molecular weight is 436 g/mol. The lowest BCUT2D eigenvalue weighted by molar-refractivity contribution is -0.157. The van der Waals surface area contributed by atoms with Gasteiger partial charge in [-0.2, -0.15) is 13.2 Å². The second-order valence-electron chi connectivity index (χ2n) is 7.03. The van der Waals surface area contributed by atoms with Gasteiger partial charge in [-0.25, -0.2) is 4.39 Å². The first kappa shape index (κ1) is 21.4. The van der Waals surface area contributed by atoms with Crippen molar-refractivity contribution in [3.63, 3.8) is 0 Å². The number of nitrogens with zero attached hydrogens (tertiary/aromatic N) is 3. The van der Waals surface area contributed by atoms with Crippen molar-refractivity contribution in [2.75, 3.05) is 39.3 Å². The van der Waals surface area contributed by atoms with Crippen LogP contribution in [0.2, 0.25) is 5.02 Å². The van der Waals surface area contributed by atoms with Crippen LogP contribution in [-0.4, -0.2) is 77.9 Å². The first-order valence-corrected chi connectivity index (χ1v) is 9.30. The zero-order chi connectivity index (χ0) is 21.3. The van der Waals surface area contributed by atoms with E-state index in [-0.39, 0.29) is 49.7 Å². The topological polar surface area (TPSA) is 60.9 Å². The van der Waals surface area contributed by atoms with Crippen molar-refractivity contribution in [1.29, 1.82) is 0 Å². The lowest BCUT2D eigenvalue weighted by Crippen LogP contribution is -2.52. The minimum absolute atomic E-state index is 0.142. The molecule has 2 aliphatic heterocycles. The van der Waals surface area contributed by atoms with Gasteiger partial charge in [0.2, 0.25) is 11.8 Å². The van der Waals surface area contributed by atoms with Crippen molar-refractivity contribution < 1.29 is 31.9 Å². The van der Waals surface area contributed by atoms with E-state index in [4.69, 9.17) is 11.6 Å². The molecular weight excluding hydrogens is 418 g/mol. The number of amides is 3. The molecule has 1 unspecified atom stereocenters. The van der Waals surface area contributed by atoms with Crippen LogP contribution in [0.15, 0.2) is 18.2 Å². The molecule has 2 saturated heterocycles. The molecule has 1 aromatic carbocycles. The summed E-state index contributed by atoms with van der Waals surface area (Å²) in [6.45, 7) is -1.06. The van der Waals surface area contributed by atoms with Crippen LogP contribution in [0.4, 0.5) is 17.6 Å². The first-order valence-electron chi connectivity index (χ1n) is 8.93. The van der Waals surface area contributed by atoms with Crippen LogP contribution in [0, 0.1) is 11.7 Å². The second kappa shape index (κ2) is 8.17. The number of piperazine rings is 1. The number of rotatable bonds is 3. The fraction of sp³-hybridized carbons (Fsp3) is 0.500. The normalized spacial score (nSPS) is 20.4. The lowest BCUT2D eigenvalue weighted by atomic mass is 10.1. The van der Waals surface area contributed by atoms with Gasteiger partial charge >= 0.3 is 6.18 Å². The molecule has 3 amide bonds. The zero-order valence-corrected chi connectivity index (χ0v) is 16.0. The number of hydrogen-bond acceptors (Lipinski definition) is 3. The molecule has 3 rings (SSSR count). The summed E-state index contributed by atoms with van der Waals surface area (Å²) in [5, 5.41) is 0.220. The summed E-state index contributed by atoms with van der Waals surface area (Å²) in [6, 6.07) is 3.66. The largest absolute Gasteiger partial charge is 0.406 e. The molecule has 0 aliphatic carbocycles. The number of benzene rings is 1. The quantitative estimate of drug-likeness (QED) is 0.684. The maximum absolute atomic E-state index is 13.9. The van der Waals surface area contributed by atoms with Crippen LogP contribution < -0.4 is 0 Å². The predicted molar refractivity (Wildman–Crippen MR) is 94.6 cm³/mol. The van der Waals surface area contributed by atoms with Crippen LogP contribution in [0.3, 0.4) is 0 Å². The average Bonchev–Trinajstić information content (AvgIpc) is 3.01. The van der Waals surface area contributed by atoms with Crippen LogP contribution in [0.5, 0.6) is 0 Å². The van der Waals surface area contributed by atoms with Gasteiger partial charge in [-0.15, -0.1) is 0 Å². The van der Waals surface area contributed by atoms with E-state index in [1.165, 1.54) is 21.9 Å². The van der Waals surface area contributed by atoms with Gasteiger partial charge in [0.15, 0.2) is 0 Å². The van der Waals surface area contributed by atoms with E-state index >= 15 is 0 Å². The summed E-state index contributed by atoms with van der Waals surface area (Å²) in [4.78, 5) is 40.3. The Bertz CT molecular complexity index is 825. The lowest BCUT2D eigenvalue weighted by Gasteiger charge is -2.36. The van der Waals surface area contributed by atoms with Gasteiger partial charge in [-0.05, 0) is 18.2 Å². The molecule has 1 atom stereocenters.